The number of aromatic nitrogens is 2. The van der Waals surface area contributed by atoms with Crippen LogP contribution in [-0.2, 0) is 18.4 Å². The van der Waals surface area contributed by atoms with Crippen LogP contribution in [0.1, 0.15) is 49.1 Å². The Kier molecular flexibility index (Phi) is 2.67. The molecule has 4 heteroatoms. The fourth-order valence-corrected chi connectivity index (χ4v) is 3.58. The van der Waals surface area contributed by atoms with Crippen molar-refractivity contribution in [3.63, 3.8) is 0 Å². The molecule has 0 atom stereocenters. The van der Waals surface area contributed by atoms with Gasteiger partial charge in [0.25, 0.3) is 5.89 Å². The Labute approximate surface area is 118 Å². The maximum absolute atomic E-state index is 6.40. The summed E-state index contributed by atoms with van der Waals surface area (Å²) in [6.07, 6.45) is 7.70. The lowest BCUT2D eigenvalue weighted by Crippen LogP contribution is -2.34. The van der Waals surface area contributed by atoms with E-state index in [0.29, 0.717) is 11.7 Å². The zero-order valence-electron chi connectivity index (χ0n) is 11.6. The quantitative estimate of drug-likeness (QED) is 0.910. The molecule has 1 aromatic heterocycles. The van der Waals surface area contributed by atoms with E-state index in [-0.39, 0.29) is 5.54 Å². The molecular weight excluding hydrogens is 250 g/mol. The molecule has 4 rings (SSSR count). The van der Waals surface area contributed by atoms with Gasteiger partial charge >= 0.3 is 0 Å². The molecule has 0 radical (unpaired) electrons. The molecule has 1 saturated carbocycles. The van der Waals surface area contributed by atoms with Gasteiger partial charge in [0, 0.05) is 5.56 Å². The Morgan fingerprint density at radius 3 is 2.80 bits per heavy atom. The van der Waals surface area contributed by atoms with Crippen molar-refractivity contribution in [1.29, 1.82) is 0 Å². The van der Waals surface area contributed by atoms with Crippen LogP contribution in [0.2, 0.25) is 0 Å². The molecule has 1 fully saturated rings. The number of aryl methyl sites for hydroxylation is 1. The lowest BCUT2D eigenvalue weighted by atomic mass is 9.98. The van der Waals surface area contributed by atoms with E-state index in [4.69, 9.17) is 10.3 Å². The fourth-order valence-electron chi connectivity index (χ4n) is 3.58. The molecule has 1 aromatic carbocycles. The summed E-state index contributed by atoms with van der Waals surface area (Å²) in [6.45, 7) is 0. The first kappa shape index (κ1) is 12.1. The van der Waals surface area contributed by atoms with Crippen LogP contribution in [0.3, 0.4) is 0 Å². The van der Waals surface area contributed by atoms with Crippen LogP contribution in [0.5, 0.6) is 0 Å². The van der Waals surface area contributed by atoms with Crippen LogP contribution in [0.25, 0.3) is 11.5 Å². The zero-order chi connectivity index (χ0) is 13.6. The number of nitrogens with zero attached hydrogens (tertiary/aromatic N) is 2. The molecule has 1 heterocycles. The van der Waals surface area contributed by atoms with E-state index in [1.165, 1.54) is 17.5 Å². The molecule has 4 nitrogen and oxygen atoms in total. The third kappa shape index (κ3) is 1.79. The van der Waals surface area contributed by atoms with Crippen LogP contribution >= 0.6 is 0 Å². The molecule has 0 amide bonds. The average Bonchev–Trinajstić information content (AvgIpc) is 3.18. The first-order valence-electron chi connectivity index (χ1n) is 7.50. The summed E-state index contributed by atoms with van der Waals surface area (Å²) in [4.78, 5) is 4.61. The summed E-state index contributed by atoms with van der Waals surface area (Å²) < 4.78 is 5.51. The van der Waals surface area contributed by atoms with Gasteiger partial charge in [0.1, 0.15) is 0 Å². The van der Waals surface area contributed by atoms with Crippen molar-refractivity contribution in [2.75, 3.05) is 0 Å². The summed E-state index contributed by atoms with van der Waals surface area (Å²) in [5, 5.41) is 4.16. The molecule has 0 saturated heterocycles. The van der Waals surface area contributed by atoms with Gasteiger partial charge in [-0.3, -0.25) is 0 Å². The largest absolute Gasteiger partial charge is 0.334 e. The molecular formula is C16H19N3O. The Balaban J connectivity index is 1.74. The second-order valence-corrected chi connectivity index (χ2v) is 6.08. The van der Waals surface area contributed by atoms with E-state index in [2.05, 4.69) is 28.3 Å². The highest BCUT2D eigenvalue weighted by molar-refractivity contribution is 5.62. The van der Waals surface area contributed by atoms with Gasteiger partial charge in [0.2, 0.25) is 0 Å². The fraction of sp³-hybridized carbons (Fsp3) is 0.500. The Morgan fingerprint density at radius 2 is 1.95 bits per heavy atom. The lowest BCUT2D eigenvalue weighted by molar-refractivity contribution is 0.372. The smallest absolute Gasteiger partial charge is 0.258 e. The monoisotopic (exact) mass is 269 g/mol. The first-order chi connectivity index (χ1) is 9.76. The minimum atomic E-state index is -0.375. The predicted octanol–water partition coefficient (Wildman–Crippen LogP) is 2.95. The molecule has 2 N–H and O–H groups in total. The zero-order valence-corrected chi connectivity index (χ0v) is 11.6. The highest BCUT2D eigenvalue weighted by Crippen LogP contribution is 2.37. The summed E-state index contributed by atoms with van der Waals surface area (Å²) >= 11 is 0. The Bertz CT molecular complexity index is 641. The van der Waals surface area contributed by atoms with Crippen molar-refractivity contribution in [3.8, 4) is 11.5 Å². The van der Waals surface area contributed by atoms with Crippen molar-refractivity contribution in [2.24, 2.45) is 5.73 Å². The predicted molar refractivity (Wildman–Crippen MR) is 76.1 cm³/mol. The number of hydrogen-bond donors (Lipinski definition) is 1. The van der Waals surface area contributed by atoms with Gasteiger partial charge < -0.3 is 10.3 Å². The highest BCUT2D eigenvalue weighted by atomic mass is 16.5. The highest BCUT2D eigenvalue weighted by Gasteiger charge is 2.36. The van der Waals surface area contributed by atoms with Crippen LogP contribution in [0, 0.1) is 0 Å². The summed E-state index contributed by atoms with van der Waals surface area (Å²) in [7, 11) is 0. The molecule has 104 valence electrons. The molecule has 2 aliphatic carbocycles. The van der Waals surface area contributed by atoms with E-state index in [1.807, 2.05) is 0 Å². The number of rotatable bonds is 2. The van der Waals surface area contributed by atoms with Gasteiger partial charge in [-0.2, -0.15) is 4.98 Å². The number of hydrogen-bond acceptors (Lipinski definition) is 4. The summed E-state index contributed by atoms with van der Waals surface area (Å²) in [5.74, 6) is 1.32. The molecule has 0 aliphatic heterocycles. The van der Waals surface area contributed by atoms with E-state index < -0.39 is 0 Å². The van der Waals surface area contributed by atoms with E-state index in [1.54, 1.807) is 0 Å². The van der Waals surface area contributed by atoms with Crippen LogP contribution in [-0.4, -0.2) is 10.1 Å². The summed E-state index contributed by atoms with van der Waals surface area (Å²) in [5.41, 5.74) is 9.92. The number of benzene rings is 1. The van der Waals surface area contributed by atoms with E-state index >= 15 is 0 Å². The number of fused-ring (bicyclic) bond motifs is 1. The second-order valence-electron chi connectivity index (χ2n) is 6.08. The third-order valence-electron chi connectivity index (χ3n) is 4.74. The molecule has 0 spiro atoms. The van der Waals surface area contributed by atoms with Gasteiger partial charge in [0.15, 0.2) is 5.82 Å². The van der Waals surface area contributed by atoms with Crippen molar-refractivity contribution in [2.45, 2.75) is 50.5 Å². The van der Waals surface area contributed by atoms with Gasteiger partial charge in [-0.05, 0) is 49.3 Å². The van der Waals surface area contributed by atoms with E-state index in [0.717, 1.165) is 44.1 Å². The first-order valence-corrected chi connectivity index (χ1v) is 7.50. The van der Waals surface area contributed by atoms with Crippen molar-refractivity contribution >= 4 is 0 Å². The van der Waals surface area contributed by atoms with Crippen LogP contribution in [0.4, 0.5) is 0 Å². The maximum atomic E-state index is 6.40. The maximum Gasteiger partial charge on any atom is 0.258 e. The van der Waals surface area contributed by atoms with Crippen molar-refractivity contribution < 1.29 is 4.52 Å². The molecule has 0 bridgehead atoms. The van der Waals surface area contributed by atoms with Gasteiger partial charge in [-0.25, -0.2) is 0 Å². The van der Waals surface area contributed by atoms with E-state index in [9.17, 15) is 0 Å². The molecule has 2 aliphatic rings. The normalized spacial score (nSPS) is 20.2. The van der Waals surface area contributed by atoms with Crippen molar-refractivity contribution in [1.82, 2.24) is 10.1 Å². The van der Waals surface area contributed by atoms with Crippen molar-refractivity contribution in [3.05, 3.63) is 35.2 Å². The molecule has 0 unspecified atom stereocenters. The third-order valence-corrected chi connectivity index (χ3v) is 4.74. The molecule has 2 aromatic rings. The lowest BCUT2D eigenvalue weighted by Gasteiger charge is -2.17. The van der Waals surface area contributed by atoms with Crippen LogP contribution < -0.4 is 5.73 Å². The van der Waals surface area contributed by atoms with Gasteiger partial charge in [-0.1, -0.05) is 30.1 Å². The number of nitrogens with two attached hydrogens (primary N) is 1. The Morgan fingerprint density at radius 1 is 1.10 bits per heavy atom. The average molecular weight is 269 g/mol. The standard InChI is InChI=1S/C16H19N3O/c17-16(9-1-2-10-16)15-18-14(20-19-15)13-8-4-6-11-5-3-7-12(11)13/h4,6,8H,1-3,5,7,9-10,17H2. The topological polar surface area (TPSA) is 64.9 Å². The summed E-state index contributed by atoms with van der Waals surface area (Å²) in [6, 6.07) is 6.36. The van der Waals surface area contributed by atoms with Gasteiger partial charge in [-0.15, -0.1) is 0 Å². The van der Waals surface area contributed by atoms with Gasteiger partial charge in [0.05, 0.1) is 5.54 Å². The van der Waals surface area contributed by atoms with Crippen LogP contribution in [0.15, 0.2) is 22.7 Å². The minimum absolute atomic E-state index is 0.375. The molecule has 20 heavy (non-hydrogen) atoms. The second kappa shape index (κ2) is 4.42. The SMILES string of the molecule is NC1(c2noc(-c3cccc4c3CCC4)n2)CCCC1. The Hall–Kier alpha value is -1.68. The minimum Gasteiger partial charge on any atom is -0.334 e.